The molecule has 1 rings (SSSR count). The van der Waals surface area contributed by atoms with E-state index < -0.39 is 0 Å². The lowest BCUT2D eigenvalue weighted by atomic mass is 9.75. The molecule has 1 fully saturated rings. The van der Waals surface area contributed by atoms with Gasteiger partial charge in [0.05, 0.1) is 0 Å². The first-order valence-corrected chi connectivity index (χ1v) is 7.24. The minimum absolute atomic E-state index is 0.444. The Morgan fingerprint density at radius 2 is 1.82 bits per heavy atom. The van der Waals surface area contributed by atoms with Crippen molar-refractivity contribution >= 4 is 17.3 Å². The van der Waals surface area contributed by atoms with Gasteiger partial charge in [0.25, 0.3) is 0 Å². The fraction of sp³-hybridized carbons (Fsp3) is 0.929. The summed E-state index contributed by atoms with van der Waals surface area (Å²) in [6, 6.07) is 0. The first-order valence-electron chi connectivity index (χ1n) is 6.83. The molecule has 17 heavy (non-hydrogen) atoms. The zero-order chi connectivity index (χ0) is 13.1. The molecular formula is C14H28N2S. The molecule has 100 valence electrons. The van der Waals surface area contributed by atoms with Crippen molar-refractivity contribution < 1.29 is 0 Å². The number of hydrogen-bond acceptors (Lipinski definition) is 1. The quantitative estimate of drug-likeness (QED) is 0.763. The van der Waals surface area contributed by atoms with Crippen molar-refractivity contribution in [2.75, 3.05) is 19.6 Å². The normalized spacial score (nSPS) is 18.6. The maximum atomic E-state index is 5.44. The van der Waals surface area contributed by atoms with Gasteiger partial charge in [0.1, 0.15) is 0 Å². The smallest absolute Gasteiger partial charge is 0.168 e. The average molecular weight is 256 g/mol. The molecule has 0 atom stereocenters. The van der Waals surface area contributed by atoms with Gasteiger partial charge in [-0.1, -0.05) is 34.6 Å². The van der Waals surface area contributed by atoms with Crippen LogP contribution in [-0.2, 0) is 0 Å². The van der Waals surface area contributed by atoms with E-state index in [4.69, 9.17) is 12.2 Å². The monoisotopic (exact) mass is 256 g/mol. The molecule has 0 aromatic carbocycles. The second-order valence-electron chi connectivity index (χ2n) is 6.71. The predicted molar refractivity (Wildman–Crippen MR) is 79.2 cm³/mol. The molecular weight excluding hydrogens is 228 g/mol. The van der Waals surface area contributed by atoms with Crippen LogP contribution in [0, 0.1) is 17.3 Å². The van der Waals surface area contributed by atoms with Crippen LogP contribution in [0.4, 0.5) is 0 Å². The van der Waals surface area contributed by atoms with E-state index in [1.54, 1.807) is 0 Å². The van der Waals surface area contributed by atoms with Crippen molar-refractivity contribution in [3.8, 4) is 0 Å². The number of nitrogens with zero attached hydrogens (tertiary/aromatic N) is 1. The topological polar surface area (TPSA) is 15.3 Å². The van der Waals surface area contributed by atoms with Gasteiger partial charge in [-0.3, -0.25) is 0 Å². The highest BCUT2D eigenvalue weighted by atomic mass is 32.1. The zero-order valence-electron chi connectivity index (χ0n) is 12.0. The summed E-state index contributed by atoms with van der Waals surface area (Å²) in [6.07, 6.45) is 2.54. The molecule has 1 saturated heterocycles. The van der Waals surface area contributed by atoms with Gasteiger partial charge in [-0.05, 0) is 42.3 Å². The van der Waals surface area contributed by atoms with Crippen molar-refractivity contribution in [1.82, 2.24) is 10.2 Å². The maximum absolute atomic E-state index is 5.44. The molecule has 1 heterocycles. The van der Waals surface area contributed by atoms with E-state index in [0.717, 1.165) is 30.7 Å². The molecule has 2 nitrogen and oxygen atoms in total. The van der Waals surface area contributed by atoms with E-state index >= 15 is 0 Å². The summed E-state index contributed by atoms with van der Waals surface area (Å²) in [7, 11) is 0. The molecule has 1 aliphatic rings. The molecule has 0 radical (unpaired) electrons. The van der Waals surface area contributed by atoms with Gasteiger partial charge in [-0.2, -0.15) is 0 Å². The van der Waals surface area contributed by atoms with Crippen molar-refractivity contribution in [3.63, 3.8) is 0 Å². The lowest BCUT2D eigenvalue weighted by Crippen LogP contribution is -2.46. The Labute approximate surface area is 112 Å². The van der Waals surface area contributed by atoms with E-state index in [9.17, 15) is 0 Å². The summed E-state index contributed by atoms with van der Waals surface area (Å²) in [5.74, 6) is 1.49. The van der Waals surface area contributed by atoms with E-state index in [2.05, 4.69) is 44.8 Å². The second kappa shape index (κ2) is 6.03. The van der Waals surface area contributed by atoms with E-state index in [-0.39, 0.29) is 0 Å². The summed E-state index contributed by atoms with van der Waals surface area (Å²) in [5.41, 5.74) is 0.444. The molecule has 0 saturated carbocycles. The molecule has 3 heteroatoms. The summed E-state index contributed by atoms with van der Waals surface area (Å²) >= 11 is 5.44. The minimum Gasteiger partial charge on any atom is -0.362 e. The number of hydrogen-bond donors (Lipinski definition) is 1. The Bertz CT molecular complexity index is 247. The lowest BCUT2D eigenvalue weighted by Gasteiger charge is -2.39. The largest absolute Gasteiger partial charge is 0.362 e. The highest BCUT2D eigenvalue weighted by molar-refractivity contribution is 7.80. The molecule has 0 spiro atoms. The molecule has 0 aromatic rings. The van der Waals surface area contributed by atoms with Gasteiger partial charge in [0, 0.05) is 19.6 Å². The van der Waals surface area contributed by atoms with Crippen molar-refractivity contribution in [3.05, 3.63) is 0 Å². The number of rotatable bonds is 2. The van der Waals surface area contributed by atoms with Crippen LogP contribution in [0.25, 0.3) is 0 Å². The Hall–Kier alpha value is -0.310. The predicted octanol–water partition coefficient (Wildman–Crippen LogP) is 3.28. The third kappa shape index (κ3) is 4.82. The minimum atomic E-state index is 0.444. The Morgan fingerprint density at radius 1 is 1.29 bits per heavy atom. The highest BCUT2D eigenvalue weighted by Crippen LogP contribution is 2.34. The van der Waals surface area contributed by atoms with Gasteiger partial charge < -0.3 is 10.2 Å². The SMILES string of the molecule is CC(C)CNC(=S)N1CCC(C(C)(C)C)CC1. The molecule has 0 unspecified atom stereocenters. The summed E-state index contributed by atoms with van der Waals surface area (Å²) < 4.78 is 0. The Balaban J connectivity index is 2.34. The van der Waals surface area contributed by atoms with Crippen molar-refractivity contribution in [2.24, 2.45) is 17.3 Å². The summed E-state index contributed by atoms with van der Waals surface area (Å²) in [4.78, 5) is 2.33. The van der Waals surface area contributed by atoms with Crippen LogP contribution in [0.15, 0.2) is 0 Å². The van der Waals surface area contributed by atoms with Crippen molar-refractivity contribution in [1.29, 1.82) is 0 Å². The molecule has 1 aliphatic heterocycles. The molecule has 0 aromatic heterocycles. The highest BCUT2D eigenvalue weighted by Gasteiger charge is 2.29. The fourth-order valence-electron chi connectivity index (χ4n) is 2.35. The van der Waals surface area contributed by atoms with E-state index in [1.165, 1.54) is 12.8 Å². The molecule has 0 bridgehead atoms. The standard InChI is InChI=1S/C14H28N2S/c1-11(2)10-15-13(17)16-8-6-12(7-9-16)14(3,4)5/h11-12H,6-10H2,1-5H3,(H,15,17). The first kappa shape index (κ1) is 14.7. The number of piperidine rings is 1. The fourth-order valence-corrected chi connectivity index (χ4v) is 2.62. The summed E-state index contributed by atoms with van der Waals surface area (Å²) in [6.45, 7) is 14.7. The number of likely N-dealkylation sites (tertiary alicyclic amines) is 1. The van der Waals surface area contributed by atoms with Crippen LogP contribution in [0.5, 0.6) is 0 Å². The van der Waals surface area contributed by atoms with Crippen LogP contribution in [0.2, 0.25) is 0 Å². The van der Waals surface area contributed by atoms with Crippen LogP contribution >= 0.6 is 12.2 Å². The maximum Gasteiger partial charge on any atom is 0.168 e. The van der Waals surface area contributed by atoms with Crippen molar-refractivity contribution in [2.45, 2.75) is 47.5 Å². The van der Waals surface area contributed by atoms with Gasteiger partial charge in [-0.25, -0.2) is 0 Å². The summed E-state index contributed by atoms with van der Waals surface area (Å²) in [5, 5.41) is 4.31. The molecule has 0 aliphatic carbocycles. The molecule has 1 N–H and O–H groups in total. The number of nitrogens with one attached hydrogen (secondary N) is 1. The van der Waals surface area contributed by atoms with Crippen LogP contribution in [0.1, 0.15) is 47.5 Å². The number of thiocarbonyl (C=S) groups is 1. The van der Waals surface area contributed by atoms with Gasteiger partial charge in [-0.15, -0.1) is 0 Å². The second-order valence-corrected chi connectivity index (χ2v) is 7.09. The zero-order valence-corrected chi connectivity index (χ0v) is 12.9. The Morgan fingerprint density at radius 3 is 2.24 bits per heavy atom. The van der Waals surface area contributed by atoms with Gasteiger partial charge >= 0.3 is 0 Å². The van der Waals surface area contributed by atoms with Gasteiger partial charge in [0.2, 0.25) is 0 Å². The van der Waals surface area contributed by atoms with Gasteiger partial charge in [0.15, 0.2) is 5.11 Å². The van der Waals surface area contributed by atoms with Crippen LogP contribution in [-0.4, -0.2) is 29.6 Å². The Kier molecular flexibility index (Phi) is 5.23. The van der Waals surface area contributed by atoms with Crippen LogP contribution < -0.4 is 5.32 Å². The molecule has 0 amide bonds. The third-order valence-electron chi connectivity index (χ3n) is 3.67. The first-order chi connectivity index (χ1) is 7.80. The van der Waals surface area contributed by atoms with E-state index in [0.29, 0.717) is 11.3 Å². The van der Waals surface area contributed by atoms with Crippen LogP contribution in [0.3, 0.4) is 0 Å². The third-order valence-corrected chi connectivity index (χ3v) is 4.07. The van der Waals surface area contributed by atoms with E-state index in [1.807, 2.05) is 0 Å². The average Bonchev–Trinajstić information content (AvgIpc) is 2.25. The lowest BCUT2D eigenvalue weighted by molar-refractivity contribution is 0.148.